The largest absolute Gasteiger partial charge is 0.384 e. The van der Waals surface area contributed by atoms with E-state index in [9.17, 15) is 0 Å². The first-order chi connectivity index (χ1) is 6.09. The Bertz CT molecular complexity index is 275. The molecule has 0 spiro atoms. The van der Waals surface area contributed by atoms with Gasteiger partial charge in [-0.15, -0.1) is 11.8 Å². The Kier molecular flexibility index (Phi) is 3.54. The smallest absolute Gasteiger partial charge is 0.127 e. The molecule has 1 unspecified atom stereocenters. The highest BCUT2D eigenvalue weighted by Crippen LogP contribution is 2.26. The second-order valence-electron chi connectivity index (χ2n) is 3.35. The molecule has 1 aromatic rings. The SMILES string of the molecule is CC(C)C(C)Sc1cc(N)ncn1. The molecule has 72 valence electrons. The highest BCUT2D eigenvalue weighted by Gasteiger charge is 2.09. The molecular weight excluding hydrogens is 182 g/mol. The molecule has 0 aliphatic heterocycles. The second-order valence-corrected chi connectivity index (χ2v) is 4.75. The van der Waals surface area contributed by atoms with Crippen LogP contribution in [0.25, 0.3) is 0 Å². The van der Waals surface area contributed by atoms with Crippen molar-refractivity contribution in [1.29, 1.82) is 0 Å². The monoisotopic (exact) mass is 197 g/mol. The minimum absolute atomic E-state index is 0.536. The van der Waals surface area contributed by atoms with Gasteiger partial charge in [-0.1, -0.05) is 20.8 Å². The van der Waals surface area contributed by atoms with E-state index in [1.807, 2.05) is 6.07 Å². The van der Waals surface area contributed by atoms with Crippen molar-refractivity contribution in [2.45, 2.75) is 31.0 Å². The molecule has 1 aromatic heterocycles. The van der Waals surface area contributed by atoms with Crippen LogP contribution in [-0.4, -0.2) is 15.2 Å². The molecule has 0 aliphatic rings. The lowest BCUT2D eigenvalue weighted by Crippen LogP contribution is -2.06. The molecule has 0 amide bonds. The average molecular weight is 197 g/mol. The molecule has 1 heterocycles. The minimum Gasteiger partial charge on any atom is -0.384 e. The third-order valence-corrected chi connectivity index (χ3v) is 3.29. The van der Waals surface area contributed by atoms with E-state index in [1.54, 1.807) is 11.8 Å². The van der Waals surface area contributed by atoms with Gasteiger partial charge in [-0.05, 0) is 5.92 Å². The number of nitrogen functional groups attached to an aromatic ring is 1. The van der Waals surface area contributed by atoms with Crippen molar-refractivity contribution in [2.24, 2.45) is 5.92 Å². The van der Waals surface area contributed by atoms with E-state index in [4.69, 9.17) is 5.73 Å². The number of nitrogens with zero attached hydrogens (tertiary/aromatic N) is 2. The quantitative estimate of drug-likeness (QED) is 0.596. The van der Waals surface area contributed by atoms with Crippen LogP contribution in [0, 0.1) is 5.92 Å². The van der Waals surface area contributed by atoms with Gasteiger partial charge in [0.1, 0.15) is 17.2 Å². The third-order valence-electron chi connectivity index (χ3n) is 1.91. The van der Waals surface area contributed by atoms with Gasteiger partial charge in [0, 0.05) is 11.3 Å². The number of hydrogen-bond acceptors (Lipinski definition) is 4. The van der Waals surface area contributed by atoms with E-state index in [0.717, 1.165) is 5.03 Å². The lowest BCUT2D eigenvalue weighted by atomic mass is 10.2. The maximum absolute atomic E-state index is 5.55. The van der Waals surface area contributed by atoms with Crippen LogP contribution >= 0.6 is 11.8 Å². The first-order valence-electron chi connectivity index (χ1n) is 4.33. The number of aromatic nitrogens is 2. The van der Waals surface area contributed by atoms with Gasteiger partial charge in [0.15, 0.2) is 0 Å². The van der Waals surface area contributed by atoms with Gasteiger partial charge in [-0.2, -0.15) is 0 Å². The van der Waals surface area contributed by atoms with Crippen LogP contribution in [0.2, 0.25) is 0 Å². The van der Waals surface area contributed by atoms with Gasteiger partial charge in [-0.3, -0.25) is 0 Å². The molecule has 4 heteroatoms. The molecule has 0 fully saturated rings. The predicted molar refractivity (Wildman–Crippen MR) is 56.6 cm³/mol. The zero-order valence-corrected chi connectivity index (χ0v) is 9.01. The first kappa shape index (κ1) is 10.3. The lowest BCUT2D eigenvalue weighted by Gasteiger charge is -2.13. The van der Waals surface area contributed by atoms with Crippen LogP contribution in [0.3, 0.4) is 0 Å². The van der Waals surface area contributed by atoms with Gasteiger partial charge in [0.05, 0.1) is 0 Å². The summed E-state index contributed by atoms with van der Waals surface area (Å²) in [6, 6.07) is 1.81. The molecular formula is C9H15N3S. The summed E-state index contributed by atoms with van der Waals surface area (Å²) in [5, 5.41) is 1.50. The topological polar surface area (TPSA) is 51.8 Å². The first-order valence-corrected chi connectivity index (χ1v) is 5.21. The normalized spacial score (nSPS) is 13.2. The molecule has 0 radical (unpaired) electrons. The highest BCUT2D eigenvalue weighted by atomic mass is 32.2. The minimum atomic E-state index is 0.536. The Morgan fingerprint density at radius 3 is 2.54 bits per heavy atom. The molecule has 13 heavy (non-hydrogen) atoms. The van der Waals surface area contributed by atoms with Crippen molar-refractivity contribution in [3.05, 3.63) is 12.4 Å². The average Bonchev–Trinajstić information content (AvgIpc) is 2.04. The fourth-order valence-electron chi connectivity index (χ4n) is 0.744. The van der Waals surface area contributed by atoms with Crippen molar-refractivity contribution in [3.63, 3.8) is 0 Å². The van der Waals surface area contributed by atoms with Crippen molar-refractivity contribution in [3.8, 4) is 0 Å². The second kappa shape index (κ2) is 4.46. The number of anilines is 1. The summed E-state index contributed by atoms with van der Waals surface area (Å²) in [7, 11) is 0. The zero-order chi connectivity index (χ0) is 9.84. The number of thioether (sulfide) groups is 1. The molecule has 0 saturated heterocycles. The summed E-state index contributed by atoms with van der Waals surface area (Å²) in [5.41, 5.74) is 5.55. The van der Waals surface area contributed by atoms with Gasteiger partial charge < -0.3 is 5.73 Å². The fourth-order valence-corrected chi connectivity index (χ4v) is 1.69. The van der Waals surface area contributed by atoms with Gasteiger partial charge in [0.2, 0.25) is 0 Å². The molecule has 0 saturated carbocycles. The van der Waals surface area contributed by atoms with Crippen molar-refractivity contribution in [2.75, 3.05) is 5.73 Å². The molecule has 2 N–H and O–H groups in total. The van der Waals surface area contributed by atoms with Crippen LogP contribution in [0.4, 0.5) is 5.82 Å². The third kappa shape index (κ3) is 3.22. The summed E-state index contributed by atoms with van der Waals surface area (Å²) in [6.45, 7) is 6.58. The fraction of sp³-hybridized carbons (Fsp3) is 0.556. The Hall–Kier alpha value is -0.770. The Labute approximate surface area is 83.2 Å². The maximum Gasteiger partial charge on any atom is 0.127 e. The summed E-state index contributed by atoms with van der Waals surface area (Å²) in [5.74, 6) is 1.18. The zero-order valence-electron chi connectivity index (χ0n) is 8.19. The highest BCUT2D eigenvalue weighted by molar-refractivity contribution is 7.99. The van der Waals surface area contributed by atoms with Crippen molar-refractivity contribution >= 4 is 17.6 Å². The summed E-state index contributed by atoms with van der Waals surface area (Å²) < 4.78 is 0. The van der Waals surface area contributed by atoms with Gasteiger partial charge in [-0.25, -0.2) is 9.97 Å². The number of rotatable bonds is 3. The maximum atomic E-state index is 5.55. The van der Waals surface area contributed by atoms with Gasteiger partial charge >= 0.3 is 0 Å². The van der Waals surface area contributed by atoms with E-state index < -0.39 is 0 Å². The van der Waals surface area contributed by atoms with E-state index in [2.05, 4.69) is 30.7 Å². The summed E-state index contributed by atoms with van der Waals surface area (Å²) in [4.78, 5) is 7.98. The lowest BCUT2D eigenvalue weighted by molar-refractivity contribution is 0.641. The van der Waals surface area contributed by atoms with E-state index in [1.165, 1.54) is 6.33 Å². The molecule has 0 bridgehead atoms. The van der Waals surface area contributed by atoms with Crippen LogP contribution in [0.15, 0.2) is 17.4 Å². The van der Waals surface area contributed by atoms with E-state index in [-0.39, 0.29) is 0 Å². The number of nitrogens with two attached hydrogens (primary N) is 1. The summed E-state index contributed by atoms with van der Waals surface area (Å²) in [6.07, 6.45) is 1.50. The standard InChI is InChI=1S/C9H15N3S/c1-6(2)7(3)13-9-4-8(10)11-5-12-9/h4-7H,1-3H3,(H2,10,11,12). The van der Waals surface area contributed by atoms with E-state index in [0.29, 0.717) is 17.0 Å². The molecule has 0 aromatic carbocycles. The van der Waals surface area contributed by atoms with Crippen LogP contribution in [0.5, 0.6) is 0 Å². The molecule has 0 aliphatic carbocycles. The molecule has 3 nitrogen and oxygen atoms in total. The van der Waals surface area contributed by atoms with Crippen LogP contribution < -0.4 is 5.73 Å². The van der Waals surface area contributed by atoms with Crippen LogP contribution in [-0.2, 0) is 0 Å². The van der Waals surface area contributed by atoms with Crippen LogP contribution in [0.1, 0.15) is 20.8 Å². The number of hydrogen-bond donors (Lipinski definition) is 1. The molecule has 1 atom stereocenters. The van der Waals surface area contributed by atoms with E-state index >= 15 is 0 Å². The predicted octanol–water partition coefficient (Wildman–Crippen LogP) is 2.20. The van der Waals surface area contributed by atoms with Crippen molar-refractivity contribution in [1.82, 2.24) is 9.97 Å². The molecule has 1 rings (SSSR count). The Balaban J connectivity index is 2.64. The Morgan fingerprint density at radius 2 is 2.00 bits per heavy atom. The van der Waals surface area contributed by atoms with Crippen molar-refractivity contribution < 1.29 is 0 Å². The Morgan fingerprint density at radius 1 is 1.31 bits per heavy atom. The summed E-state index contributed by atoms with van der Waals surface area (Å²) >= 11 is 1.73. The van der Waals surface area contributed by atoms with Gasteiger partial charge in [0.25, 0.3) is 0 Å².